The first kappa shape index (κ1) is 14.8. The molecule has 1 aromatic rings. The van der Waals surface area contributed by atoms with Crippen molar-refractivity contribution < 1.29 is 8.42 Å². The molecular formula is C12H15ClN2O2S. The lowest BCUT2D eigenvalue weighted by molar-refractivity contribution is 0.570. The van der Waals surface area contributed by atoms with Gasteiger partial charge in [0.25, 0.3) is 0 Å². The molecule has 0 bridgehead atoms. The number of nitrogens with two attached hydrogens (primary N) is 1. The number of benzene rings is 1. The maximum Gasteiger partial charge on any atom is 0.241 e. The zero-order valence-corrected chi connectivity index (χ0v) is 11.8. The third-order valence-electron chi connectivity index (χ3n) is 2.58. The van der Waals surface area contributed by atoms with E-state index in [-0.39, 0.29) is 4.90 Å². The first-order valence-corrected chi connectivity index (χ1v) is 7.22. The highest BCUT2D eigenvalue weighted by atomic mass is 35.5. The van der Waals surface area contributed by atoms with Crippen molar-refractivity contribution in [3.63, 3.8) is 0 Å². The van der Waals surface area contributed by atoms with Crippen LogP contribution in [0.4, 0.5) is 5.69 Å². The van der Waals surface area contributed by atoms with E-state index in [0.29, 0.717) is 22.7 Å². The number of nitrogen functional groups attached to an aromatic ring is 1. The summed E-state index contributed by atoms with van der Waals surface area (Å²) in [5.41, 5.74) is 6.68. The number of hydrogen-bond donors (Lipinski definition) is 2. The minimum Gasteiger partial charge on any atom is -0.398 e. The van der Waals surface area contributed by atoms with Crippen molar-refractivity contribution in [1.82, 2.24) is 4.72 Å². The predicted molar refractivity (Wildman–Crippen MR) is 73.8 cm³/mol. The molecule has 1 unspecified atom stereocenters. The second-order valence-electron chi connectivity index (χ2n) is 3.87. The SMILES string of the molecule is C#CC(CC)NS(=O)(=O)c1cc(N)c(C)c(Cl)c1. The Labute approximate surface area is 113 Å². The summed E-state index contributed by atoms with van der Waals surface area (Å²) in [6, 6.07) is 2.18. The number of nitrogens with one attached hydrogen (secondary N) is 1. The summed E-state index contributed by atoms with van der Waals surface area (Å²) >= 11 is 5.92. The fourth-order valence-electron chi connectivity index (χ4n) is 1.32. The minimum absolute atomic E-state index is 0.0179. The molecule has 0 heterocycles. The lowest BCUT2D eigenvalue weighted by Crippen LogP contribution is -2.33. The monoisotopic (exact) mass is 286 g/mol. The Morgan fingerprint density at radius 1 is 1.56 bits per heavy atom. The van der Waals surface area contributed by atoms with Crippen molar-refractivity contribution in [3.05, 3.63) is 22.7 Å². The predicted octanol–water partition coefficient (Wildman–Crippen LogP) is 1.92. The summed E-state index contributed by atoms with van der Waals surface area (Å²) in [4.78, 5) is 0.0179. The van der Waals surface area contributed by atoms with E-state index in [2.05, 4.69) is 10.6 Å². The van der Waals surface area contributed by atoms with E-state index in [4.69, 9.17) is 23.8 Å². The number of anilines is 1. The summed E-state index contributed by atoms with van der Waals surface area (Å²) in [7, 11) is -3.70. The van der Waals surface area contributed by atoms with Crippen molar-refractivity contribution in [1.29, 1.82) is 0 Å². The molecule has 0 spiro atoms. The summed E-state index contributed by atoms with van der Waals surface area (Å²) in [5, 5.41) is 0.309. The van der Waals surface area contributed by atoms with Gasteiger partial charge >= 0.3 is 0 Å². The van der Waals surface area contributed by atoms with Gasteiger partial charge in [0, 0.05) is 10.7 Å². The zero-order valence-electron chi connectivity index (χ0n) is 10.2. The van der Waals surface area contributed by atoms with Gasteiger partial charge in [0.1, 0.15) is 0 Å². The van der Waals surface area contributed by atoms with Crippen LogP contribution < -0.4 is 10.5 Å². The van der Waals surface area contributed by atoms with Gasteiger partial charge in [-0.1, -0.05) is 24.4 Å². The highest BCUT2D eigenvalue weighted by Crippen LogP contribution is 2.25. The quantitative estimate of drug-likeness (QED) is 0.656. The molecule has 0 aromatic heterocycles. The minimum atomic E-state index is -3.70. The van der Waals surface area contributed by atoms with Crippen molar-refractivity contribution in [2.75, 3.05) is 5.73 Å². The van der Waals surface area contributed by atoms with Gasteiger partial charge in [0.2, 0.25) is 10.0 Å². The van der Waals surface area contributed by atoms with Crippen LogP contribution in [0.2, 0.25) is 5.02 Å². The Bertz CT molecular complexity index is 568. The van der Waals surface area contributed by atoms with Crippen LogP contribution in [0, 0.1) is 19.3 Å². The molecule has 0 aliphatic rings. The van der Waals surface area contributed by atoms with Crippen molar-refractivity contribution in [2.24, 2.45) is 0 Å². The van der Waals surface area contributed by atoms with E-state index in [1.165, 1.54) is 12.1 Å². The van der Waals surface area contributed by atoms with E-state index in [1.54, 1.807) is 13.8 Å². The summed E-state index contributed by atoms with van der Waals surface area (Å²) < 4.78 is 26.5. The first-order chi connectivity index (χ1) is 8.31. The molecule has 18 heavy (non-hydrogen) atoms. The van der Waals surface area contributed by atoms with Gasteiger partial charge < -0.3 is 5.73 Å². The number of hydrogen-bond acceptors (Lipinski definition) is 3. The van der Waals surface area contributed by atoms with Gasteiger partial charge in [0.15, 0.2) is 0 Å². The molecule has 4 nitrogen and oxygen atoms in total. The number of rotatable bonds is 4. The molecule has 0 aliphatic heterocycles. The summed E-state index contributed by atoms with van der Waals surface area (Å²) in [5.74, 6) is 2.36. The van der Waals surface area contributed by atoms with E-state index in [1.807, 2.05) is 0 Å². The van der Waals surface area contributed by atoms with Crippen LogP contribution in [-0.2, 0) is 10.0 Å². The molecule has 98 valence electrons. The van der Waals surface area contributed by atoms with Gasteiger partial charge in [-0.15, -0.1) is 6.42 Å². The summed E-state index contributed by atoms with van der Waals surface area (Å²) in [6.07, 6.45) is 5.73. The third kappa shape index (κ3) is 3.16. The third-order valence-corrected chi connectivity index (χ3v) is 4.42. The molecule has 0 saturated heterocycles. The lowest BCUT2D eigenvalue weighted by atomic mass is 10.2. The molecule has 1 rings (SSSR count). The molecule has 3 N–H and O–H groups in total. The van der Waals surface area contributed by atoms with Gasteiger partial charge in [-0.3, -0.25) is 0 Å². The molecule has 0 aliphatic carbocycles. The highest BCUT2D eigenvalue weighted by Gasteiger charge is 2.19. The molecule has 6 heteroatoms. The van der Waals surface area contributed by atoms with E-state index < -0.39 is 16.1 Å². The Hall–Kier alpha value is -1.22. The van der Waals surface area contributed by atoms with Gasteiger partial charge in [-0.05, 0) is 31.0 Å². The molecule has 1 atom stereocenters. The van der Waals surface area contributed by atoms with Crippen LogP contribution in [-0.4, -0.2) is 14.5 Å². The normalized spacial score (nSPS) is 13.0. The zero-order chi connectivity index (χ0) is 13.9. The Morgan fingerprint density at radius 2 is 2.17 bits per heavy atom. The maximum absolute atomic E-state index is 12.1. The first-order valence-electron chi connectivity index (χ1n) is 5.36. The molecule has 0 fully saturated rings. The number of terminal acetylenes is 1. The van der Waals surface area contributed by atoms with Crippen LogP contribution in [0.1, 0.15) is 18.9 Å². The lowest BCUT2D eigenvalue weighted by Gasteiger charge is -2.13. The molecule has 1 aromatic carbocycles. The highest BCUT2D eigenvalue weighted by molar-refractivity contribution is 7.89. The Kier molecular flexibility index (Phi) is 4.63. The van der Waals surface area contributed by atoms with Gasteiger partial charge in [-0.25, -0.2) is 8.42 Å². The molecule has 0 amide bonds. The fraction of sp³-hybridized carbons (Fsp3) is 0.333. The number of sulfonamides is 1. The average Bonchev–Trinajstić information content (AvgIpc) is 2.32. The van der Waals surface area contributed by atoms with Gasteiger partial charge in [0.05, 0.1) is 10.9 Å². The van der Waals surface area contributed by atoms with E-state index in [0.717, 1.165) is 0 Å². The largest absolute Gasteiger partial charge is 0.398 e. The van der Waals surface area contributed by atoms with Crippen molar-refractivity contribution >= 4 is 27.3 Å². The maximum atomic E-state index is 12.1. The second kappa shape index (κ2) is 5.61. The second-order valence-corrected chi connectivity index (χ2v) is 5.99. The Balaban J connectivity index is 3.18. The van der Waals surface area contributed by atoms with Gasteiger partial charge in [-0.2, -0.15) is 4.72 Å². The number of halogens is 1. The van der Waals surface area contributed by atoms with E-state index in [9.17, 15) is 8.42 Å². The topological polar surface area (TPSA) is 72.2 Å². The van der Waals surface area contributed by atoms with Crippen LogP contribution in [0.5, 0.6) is 0 Å². The molecule has 0 radical (unpaired) electrons. The fourth-order valence-corrected chi connectivity index (χ4v) is 2.91. The van der Waals surface area contributed by atoms with Crippen LogP contribution >= 0.6 is 11.6 Å². The molecular weight excluding hydrogens is 272 g/mol. The van der Waals surface area contributed by atoms with Crippen LogP contribution in [0.25, 0.3) is 0 Å². The van der Waals surface area contributed by atoms with Crippen molar-refractivity contribution in [2.45, 2.75) is 31.2 Å². The summed E-state index contributed by atoms with van der Waals surface area (Å²) in [6.45, 7) is 3.52. The standard InChI is InChI=1S/C12H15ClN2O2S/c1-4-9(5-2)15-18(16,17)10-6-11(13)8(3)12(14)7-10/h1,6-7,9,15H,5,14H2,2-3H3. The van der Waals surface area contributed by atoms with Crippen LogP contribution in [0.15, 0.2) is 17.0 Å². The van der Waals surface area contributed by atoms with E-state index >= 15 is 0 Å². The Morgan fingerprint density at radius 3 is 2.61 bits per heavy atom. The van der Waals surface area contributed by atoms with Crippen molar-refractivity contribution in [3.8, 4) is 12.3 Å². The van der Waals surface area contributed by atoms with Crippen LogP contribution in [0.3, 0.4) is 0 Å². The average molecular weight is 287 g/mol. The molecule has 0 saturated carbocycles. The smallest absolute Gasteiger partial charge is 0.241 e.